The van der Waals surface area contributed by atoms with Crippen LogP contribution in [0.25, 0.3) is 0 Å². The highest BCUT2D eigenvalue weighted by Gasteiger charge is 2.07. The molecule has 0 spiro atoms. The molecule has 0 aliphatic carbocycles. The zero-order valence-corrected chi connectivity index (χ0v) is 8.84. The third kappa shape index (κ3) is 2.59. The first-order chi connectivity index (χ1) is 7.20. The Kier molecular flexibility index (Phi) is 3.91. The van der Waals surface area contributed by atoms with Gasteiger partial charge in [0.25, 0.3) is 0 Å². The van der Waals surface area contributed by atoms with Gasteiger partial charge in [0.1, 0.15) is 12.5 Å². The number of hydrogen-bond acceptors (Lipinski definition) is 3. The molecule has 0 aliphatic rings. The van der Waals surface area contributed by atoms with Crippen LogP contribution in [0.4, 0.5) is 0 Å². The molecule has 0 amide bonds. The van der Waals surface area contributed by atoms with Gasteiger partial charge in [-0.3, -0.25) is 9.59 Å². The quantitative estimate of drug-likeness (QED) is 0.751. The summed E-state index contributed by atoms with van der Waals surface area (Å²) in [7, 11) is 0. The molecule has 0 N–H and O–H groups in total. The summed E-state index contributed by atoms with van der Waals surface area (Å²) >= 11 is 0. The Labute approximate surface area is 87.6 Å². The fraction of sp³-hybridized carbons (Fsp3) is 0.400. The van der Waals surface area contributed by atoms with Crippen molar-refractivity contribution in [1.29, 1.82) is 0 Å². The normalized spacial score (nSPS) is 9.73. The highest BCUT2D eigenvalue weighted by molar-refractivity contribution is 5.83. The molecule has 1 aromatic rings. The van der Waals surface area contributed by atoms with Gasteiger partial charge in [0.05, 0.1) is 12.4 Å². The maximum absolute atomic E-state index is 11.5. The van der Waals surface area contributed by atoms with Crippen molar-refractivity contribution >= 4 is 11.8 Å². The van der Waals surface area contributed by atoms with Crippen molar-refractivity contribution in [2.45, 2.75) is 26.7 Å². The van der Waals surface area contributed by atoms with Gasteiger partial charge in [-0.1, -0.05) is 13.8 Å². The van der Waals surface area contributed by atoms with E-state index in [2.05, 4.69) is 0 Å². The van der Waals surface area contributed by atoms with Crippen molar-refractivity contribution in [2.24, 2.45) is 0 Å². The second-order valence-corrected chi connectivity index (χ2v) is 2.89. The standard InChI is InChI=1S/C10H14N2O3/c1-3-9(13)11-5-7-15-8-6-12(11)10(14)4-2/h5-8H,3-4H2,1-2H3. The number of carbonyl (C=O) groups is 2. The lowest BCUT2D eigenvalue weighted by molar-refractivity contribution is 0.0787. The predicted octanol–water partition coefficient (Wildman–Crippen LogP) is 2.11. The first-order valence-electron chi connectivity index (χ1n) is 4.83. The van der Waals surface area contributed by atoms with Gasteiger partial charge >= 0.3 is 0 Å². The van der Waals surface area contributed by atoms with Gasteiger partial charge in [-0.15, -0.1) is 0 Å². The minimum atomic E-state index is -0.164. The van der Waals surface area contributed by atoms with Crippen LogP contribution in [0.3, 0.4) is 0 Å². The molecule has 0 radical (unpaired) electrons. The van der Waals surface area contributed by atoms with Crippen LogP contribution in [-0.4, -0.2) is 21.2 Å². The zero-order valence-electron chi connectivity index (χ0n) is 8.84. The van der Waals surface area contributed by atoms with Crippen LogP contribution in [0.5, 0.6) is 0 Å². The minimum Gasteiger partial charge on any atom is -0.469 e. The summed E-state index contributed by atoms with van der Waals surface area (Å²) in [4.78, 5) is 23.1. The highest BCUT2D eigenvalue weighted by Crippen LogP contribution is 1.96. The van der Waals surface area contributed by atoms with Crippen LogP contribution in [0.2, 0.25) is 0 Å². The summed E-state index contributed by atoms with van der Waals surface area (Å²) in [6.07, 6.45) is 6.22. The molecular formula is C10H14N2O3. The van der Waals surface area contributed by atoms with E-state index < -0.39 is 0 Å². The largest absolute Gasteiger partial charge is 0.469 e. The molecule has 1 rings (SSSR count). The first-order valence-corrected chi connectivity index (χ1v) is 4.83. The smallest absolute Gasteiger partial charge is 0.245 e. The lowest BCUT2D eigenvalue weighted by Crippen LogP contribution is -2.25. The SMILES string of the molecule is CCC(=O)n1ccoccn1C(=O)CC. The molecule has 82 valence electrons. The van der Waals surface area contributed by atoms with Crippen molar-refractivity contribution in [3.63, 3.8) is 0 Å². The van der Waals surface area contributed by atoms with Crippen LogP contribution in [0.1, 0.15) is 36.3 Å². The second-order valence-electron chi connectivity index (χ2n) is 2.89. The second kappa shape index (κ2) is 5.19. The van der Waals surface area contributed by atoms with Crippen molar-refractivity contribution in [2.75, 3.05) is 0 Å². The van der Waals surface area contributed by atoms with E-state index in [-0.39, 0.29) is 11.8 Å². The molecule has 0 aromatic carbocycles. The van der Waals surface area contributed by atoms with Gasteiger partial charge in [-0.2, -0.15) is 0 Å². The molecule has 0 unspecified atom stereocenters. The van der Waals surface area contributed by atoms with Gasteiger partial charge in [0.2, 0.25) is 11.8 Å². The molecule has 5 heteroatoms. The fourth-order valence-electron chi connectivity index (χ4n) is 1.11. The van der Waals surface area contributed by atoms with Gasteiger partial charge in [0, 0.05) is 12.8 Å². The Hall–Kier alpha value is -1.78. The number of carbonyl (C=O) groups excluding carboxylic acids is 2. The van der Waals surface area contributed by atoms with E-state index in [1.165, 1.54) is 34.3 Å². The van der Waals surface area contributed by atoms with Crippen LogP contribution in [0.15, 0.2) is 29.3 Å². The van der Waals surface area contributed by atoms with E-state index >= 15 is 0 Å². The summed E-state index contributed by atoms with van der Waals surface area (Å²) in [5.41, 5.74) is 0. The van der Waals surface area contributed by atoms with Crippen LogP contribution in [0, 0.1) is 0 Å². The number of rotatable bonds is 2. The lowest BCUT2D eigenvalue weighted by atomic mass is 10.4. The molecule has 1 heterocycles. The Balaban J connectivity index is 3.31. The molecule has 1 aromatic heterocycles. The van der Waals surface area contributed by atoms with E-state index in [4.69, 9.17) is 4.42 Å². The summed E-state index contributed by atoms with van der Waals surface area (Å²) in [6.45, 7) is 3.47. The topological polar surface area (TPSA) is 57.1 Å². The summed E-state index contributed by atoms with van der Waals surface area (Å²) in [6, 6.07) is 0. The Morgan fingerprint density at radius 1 is 1.00 bits per heavy atom. The third-order valence-corrected chi connectivity index (χ3v) is 1.91. The van der Waals surface area contributed by atoms with E-state index in [1.807, 2.05) is 0 Å². The predicted molar refractivity (Wildman–Crippen MR) is 54.2 cm³/mol. The summed E-state index contributed by atoms with van der Waals surface area (Å²) in [5.74, 6) is -0.327. The molecule has 0 aliphatic heterocycles. The zero-order chi connectivity index (χ0) is 11.3. The number of aromatic nitrogens is 2. The maximum Gasteiger partial charge on any atom is 0.245 e. The van der Waals surface area contributed by atoms with E-state index in [0.717, 1.165) is 0 Å². The van der Waals surface area contributed by atoms with Crippen molar-refractivity contribution in [3.8, 4) is 0 Å². The Morgan fingerprint density at radius 3 is 1.73 bits per heavy atom. The Bertz CT molecular complexity index is 361. The third-order valence-electron chi connectivity index (χ3n) is 1.91. The van der Waals surface area contributed by atoms with Gasteiger partial charge in [0.15, 0.2) is 0 Å². The van der Waals surface area contributed by atoms with Gasteiger partial charge in [-0.25, -0.2) is 9.36 Å². The van der Waals surface area contributed by atoms with Crippen molar-refractivity contribution in [1.82, 2.24) is 9.36 Å². The molecule has 0 fully saturated rings. The van der Waals surface area contributed by atoms with E-state index in [1.54, 1.807) is 13.8 Å². The monoisotopic (exact) mass is 210 g/mol. The van der Waals surface area contributed by atoms with Crippen LogP contribution in [-0.2, 0) is 0 Å². The van der Waals surface area contributed by atoms with Crippen molar-refractivity contribution in [3.05, 3.63) is 24.9 Å². The molecule has 0 saturated heterocycles. The van der Waals surface area contributed by atoms with Crippen molar-refractivity contribution < 1.29 is 14.0 Å². The average molecular weight is 210 g/mol. The summed E-state index contributed by atoms with van der Waals surface area (Å²) < 4.78 is 7.39. The lowest BCUT2D eigenvalue weighted by Gasteiger charge is -2.09. The Morgan fingerprint density at radius 2 is 1.40 bits per heavy atom. The van der Waals surface area contributed by atoms with Gasteiger partial charge in [-0.05, 0) is 0 Å². The maximum atomic E-state index is 11.5. The number of nitrogens with zero attached hydrogens (tertiary/aromatic N) is 2. The molecule has 0 saturated carbocycles. The number of hydrogen-bond donors (Lipinski definition) is 0. The molecular weight excluding hydrogens is 196 g/mol. The molecule has 0 atom stereocenters. The van der Waals surface area contributed by atoms with Gasteiger partial charge < -0.3 is 4.42 Å². The molecule has 15 heavy (non-hydrogen) atoms. The van der Waals surface area contributed by atoms with Crippen LogP contribution >= 0.6 is 0 Å². The van der Waals surface area contributed by atoms with Crippen LogP contribution < -0.4 is 0 Å². The highest BCUT2D eigenvalue weighted by atomic mass is 16.3. The average Bonchev–Trinajstić information content (AvgIpc) is 2.52. The molecule has 0 bridgehead atoms. The van der Waals surface area contributed by atoms with E-state index in [9.17, 15) is 9.59 Å². The molecule has 5 nitrogen and oxygen atoms in total. The summed E-state index contributed by atoms with van der Waals surface area (Å²) in [5, 5.41) is 0. The minimum absolute atomic E-state index is 0.164. The van der Waals surface area contributed by atoms with E-state index in [0.29, 0.717) is 12.8 Å². The first kappa shape index (κ1) is 11.3. The fourth-order valence-corrected chi connectivity index (χ4v) is 1.11.